The van der Waals surface area contributed by atoms with Gasteiger partial charge in [0.15, 0.2) is 0 Å². The lowest BCUT2D eigenvalue weighted by Gasteiger charge is -2.26. The molecule has 0 aromatic carbocycles. The van der Waals surface area contributed by atoms with Crippen LogP contribution in [-0.4, -0.2) is 116 Å². The highest BCUT2D eigenvalue weighted by Gasteiger charge is 2.28. The highest BCUT2D eigenvalue weighted by molar-refractivity contribution is 8.32. The van der Waals surface area contributed by atoms with Crippen LogP contribution in [0.1, 0.15) is 57.8 Å². The molecular formula is C29H51N7O8S. The summed E-state index contributed by atoms with van der Waals surface area (Å²) in [7, 11) is -0.886. The molecule has 45 heavy (non-hydrogen) atoms. The lowest BCUT2D eigenvalue weighted by atomic mass is 10.1. The molecule has 1 aliphatic heterocycles. The molecule has 0 aliphatic carbocycles. The highest BCUT2D eigenvalue weighted by Crippen LogP contribution is 2.33. The molecule has 0 aromatic heterocycles. The normalized spacial score (nSPS) is 14.4. The quantitative estimate of drug-likeness (QED) is 0.0466. The third kappa shape index (κ3) is 18.0. The molecule has 0 bridgehead atoms. The topological polar surface area (TPSA) is 232 Å². The van der Waals surface area contributed by atoms with Crippen molar-refractivity contribution in [1.82, 2.24) is 26.2 Å². The number of nitrogens with one attached hydrogen (secondary N) is 4. The van der Waals surface area contributed by atoms with Crippen molar-refractivity contribution in [3.05, 3.63) is 12.2 Å². The molecule has 0 unspecified atom stereocenters. The molecular weight excluding hydrogens is 606 g/mol. The molecule has 0 saturated carbocycles. The van der Waals surface area contributed by atoms with E-state index in [0.29, 0.717) is 51.5 Å². The molecule has 1 aliphatic rings. The Balaban J connectivity index is 2.65. The van der Waals surface area contributed by atoms with Gasteiger partial charge in [-0.25, -0.2) is 19.6 Å². The van der Waals surface area contributed by atoms with Gasteiger partial charge in [0.2, 0.25) is 17.7 Å². The van der Waals surface area contributed by atoms with Gasteiger partial charge in [-0.2, -0.15) is 0 Å². The number of unbranched alkanes of at least 4 members (excludes halogenated alkanes) is 3. The van der Waals surface area contributed by atoms with E-state index in [1.54, 1.807) is 0 Å². The third-order valence-corrected chi connectivity index (χ3v) is 8.13. The highest BCUT2D eigenvalue weighted by atomic mass is 32.3. The van der Waals surface area contributed by atoms with Gasteiger partial charge in [-0.1, -0.05) is 6.42 Å². The molecule has 0 radical (unpaired) electrons. The van der Waals surface area contributed by atoms with Gasteiger partial charge in [-0.15, -0.1) is 0 Å². The molecule has 8 N–H and O–H groups in total. The van der Waals surface area contributed by atoms with Crippen molar-refractivity contribution in [1.29, 1.82) is 0 Å². The summed E-state index contributed by atoms with van der Waals surface area (Å²) < 4.78 is 5.45. The van der Waals surface area contributed by atoms with Crippen molar-refractivity contribution in [2.45, 2.75) is 69.9 Å². The second kappa shape index (κ2) is 21.1. The molecule has 15 nitrogen and oxygen atoms in total. The molecule has 7 amide bonds. The van der Waals surface area contributed by atoms with Crippen molar-refractivity contribution in [3.8, 4) is 0 Å². The number of rotatable bonds is 23. The number of primary amides is 1. The van der Waals surface area contributed by atoms with E-state index in [0.717, 1.165) is 10.7 Å². The summed E-state index contributed by atoms with van der Waals surface area (Å²) in [5.41, 5.74) is 10.7. The van der Waals surface area contributed by atoms with E-state index >= 15 is 0 Å². The Labute approximate surface area is 266 Å². The zero-order valence-electron chi connectivity index (χ0n) is 26.7. The van der Waals surface area contributed by atoms with E-state index in [9.17, 15) is 33.6 Å². The molecule has 256 valence electrons. The van der Waals surface area contributed by atoms with Gasteiger partial charge in [0.05, 0.1) is 13.2 Å². The Bertz CT molecular complexity index is 1050. The van der Waals surface area contributed by atoms with Gasteiger partial charge < -0.3 is 37.5 Å². The summed E-state index contributed by atoms with van der Waals surface area (Å²) in [6.07, 6.45) is 12.5. The number of ether oxygens (including phenoxy) is 1. The maximum absolute atomic E-state index is 13.3. The van der Waals surface area contributed by atoms with Gasteiger partial charge in [0, 0.05) is 37.4 Å². The second-order valence-electron chi connectivity index (χ2n) is 11.6. The first-order chi connectivity index (χ1) is 21.2. The Morgan fingerprint density at radius 3 is 2.13 bits per heavy atom. The van der Waals surface area contributed by atoms with Gasteiger partial charge in [-0.3, -0.25) is 28.9 Å². The van der Waals surface area contributed by atoms with E-state index in [1.807, 2.05) is 0 Å². The average molecular weight is 658 g/mol. The van der Waals surface area contributed by atoms with Crippen LogP contribution in [0.4, 0.5) is 4.79 Å². The van der Waals surface area contributed by atoms with Gasteiger partial charge in [0.25, 0.3) is 11.8 Å². The van der Waals surface area contributed by atoms with Crippen LogP contribution >= 0.6 is 10.0 Å². The zero-order valence-corrected chi connectivity index (χ0v) is 27.5. The molecule has 0 fully saturated rings. The number of nitrogens with two attached hydrogens (primary N) is 2. The van der Waals surface area contributed by atoms with Crippen LogP contribution in [0, 0.1) is 0 Å². The fourth-order valence-corrected chi connectivity index (χ4v) is 4.77. The fraction of sp³-hybridized carbons (Fsp3) is 0.690. The molecule has 2 atom stereocenters. The maximum atomic E-state index is 13.3. The van der Waals surface area contributed by atoms with E-state index < -0.39 is 45.9 Å². The number of nitrogens with zero attached hydrogens (tertiary/aromatic N) is 1. The van der Waals surface area contributed by atoms with Crippen LogP contribution in [0.2, 0.25) is 0 Å². The Morgan fingerprint density at radius 1 is 0.844 bits per heavy atom. The number of hydrogen-bond donors (Lipinski definition) is 6. The average Bonchev–Trinajstić information content (AvgIpc) is 3.28. The lowest BCUT2D eigenvalue weighted by molar-refractivity contribution is -0.147. The molecule has 0 aromatic rings. The van der Waals surface area contributed by atoms with E-state index in [1.165, 1.54) is 12.2 Å². The SMILES string of the molecule is CS(C)(C)CCOC(=O)[C@H](CCCCN)NC(=O)[C@H](CCCNC(N)=O)NC(=O)CNC(=O)CCCCCN1C(=O)C=CC1=O. The van der Waals surface area contributed by atoms with Crippen molar-refractivity contribution in [2.24, 2.45) is 11.5 Å². The number of carbonyl (C=O) groups excluding carboxylic acids is 7. The first-order valence-corrected chi connectivity index (χ1v) is 18.2. The molecule has 1 rings (SSSR count). The number of esters is 1. The molecule has 16 heteroatoms. The van der Waals surface area contributed by atoms with Crippen LogP contribution < -0.4 is 32.7 Å². The molecule has 1 heterocycles. The summed E-state index contributed by atoms with van der Waals surface area (Å²) in [5.74, 6) is -2.12. The van der Waals surface area contributed by atoms with Gasteiger partial charge >= 0.3 is 12.0 Å². The number of urea groups is 1. The summed E-state index contributed by atoms with van der Waals surface area (Å²) in [6, 6.07) is -2.71. The number of imide groups is 1. The van der Waals surface area contributed by atoms with E-state index in [2.05, 4.69) is 40.0 Å². The van der Waals surface area contributed by atoms with Crippen LogP contribution in [-0.2, 0) is 33.5 Å². The molecule has 0 saturated heterocycles. The Morgan fingerprint density at radius 2 is 1.51 bits per heavy atom. The minimum Gasteiger partial charge on any atom is -0.463 e. The predicted molar refractivity (Wildman–Crippen MR) is 172 cm³/mol. The lowest BCUT2D eigenvalue weighted by Crippen LogP contribution is -2.53. The smallest absolute Gasteiger partial charge is 0.328 e. The third-order valence-electron chi connectivity index (χ3n) is 6.74. The maximum Gasteiger partial charge on any atom is 0.328 e. The standard InChI is InChI=1S/C29H51N7O8S/c1-45(2,3)19-18-44-28(42)22(10-6-7-15-30)35-27(41)21(11-9-16-32-29(31)43)34-24(38)20-33-23(37)12-5-4-8-17-36-25(39)13-14-26(36)40/h13-14,21-22H,4-12,15-20,30H2,1-3H3,(H,33,37)(H,34,38)(H,35,41)(H3,31,32,43)/t21-,22-/m0/s1. The van der Waals surface area contributed by atoms with Crippen molar-refractivity contribution < 1.29 is 38.3 Å². The zero-order chi connectivity index (χ0) is 33.8. The molecule has 0 spiro atoms. The first-order valence-electron chi connectivity index (χ1n) is 15.2. The summed E-state index contributed by atoms with van der Waals surface area (Å²) in [4.78, 5) is 86.4. The largest absolute Gasteiger partial charge is 0.463 e. The summed E-state index contributed by atoms with van der Waals surface area (Å²) in [6.45, 7) is 0.727. The van der Waals surface area contributed by atoms with Crippen molar-refractivity contribution in [2.75, 3.05) is 57.3 Å². The monoisotopic (exact) mass is 657 g/mol. The van der Waals surface area contributed by atoms with Crippen LogP contribution in [0.3, 0.4) is 0 Å². The van der Waals surface area contributed by atoms with Gasteiger partial charge in [0.1, 0.15) is 12.1 Å². The fourth-order valence-electron chi connectivity index (χ4n) is 4.19. The predicted octanol–water partition coefficient (Wildman–Crippen LogP) is -0.628. The minimum absolute atomic E-state index is 0.126. The van der Waals surface area contributed by atoms with Crippen LogP contribution in [0.5, 0.6) is 0 Å². The number of amides is 7. The Kier molecular flexibility index (Phi) is 18.5. The van der Waals surface area contributed by atoms with Crippen molar-refractivity contribution >= 4 is 51.6 Å². The van der Waals surface area contributed by atoms with Crippen LogP contribution in [0.25, 0.3) is 0 Å². The summed E-state index contributed by atoms with van der Waals surface area (Å²) in [5, 5.41) is 10.2. The minimum atomic E-state index is -1.06. The van der Waals surface area contributed by atoms with E-state index in [-0.39, 0.29) is 56.8 Å². The van der Waals surface area contributed by atoms with Crippen molar-refractivity contribution in [3.63, 3.8) is 0 Å². The summed E-state index contributed by atoms with van der Waals surface area (Å²) >= 11 is 0. The second-order valence-corrected chi connectivity index (χ2v) is 16.2. The number of hydrogen-bond acceptors (Lipinski definition) is 9. The van der Waals surface area contributed by atoms with E-state index in [4.69, 9.17) is 16.2 Å². The van der Waals surface area contributed by atoms with Gasteiger partial charge in [-0.05, 0) is 70.3 Å². The van der Waals surface area contributed by atoms with Crippen LogP contribution in [0.15, 0.2) is 12.2 Å². The first kappa shape index (κ1) is 39.4. The number of carbonyl (C=O) groups is 7. The Hall–Kier alpha value is -3.66.